The number of rotatable bonds is 14. The Bertz CT molecular complexity index is 421. The predicted molar refractivity (Wildman–Crippen MR) is 104 cm³/mol. The van der Waals surface area contributed by atoms with Crippen molar-refractivity contribution in [3.05, 3.63) is 0 Å². The molecule has 0 atom stereocenters. The maximum Gasteiger partial charge on any atom is 0.338 e. The summed E-state index contributed by atoms with van der Waals surface area (Å²) in [5.74, 6) is 0.230. The Morgan fingerprint density at radius 2 is 1.40 bits per heavy atom. The first kappa shape index (κ1) is 24.3. The second-order valence-corrected chi connectivity index (χ2v) is 8.23. The Labute approximate surface area is 153 Å². The van der Waals surface area contributed by atoms with Gasteiger partial charge in [-0.25, -0.2) is 0 Å². The van der Waals surface area contributed by atoms with Crippen LogP contribution >= 0.6 is 7.60 Å². The molecule has 0 rings (SSSR count). The summed E-state index contributed by atoms with van der Waals surface area (Å²) in [6.07, 6.45) is 5.48. The number of hydrogen-bond donors (Lipinski definition) is 0. The predicted octanol–water partition coefficient (Wildman–Crippen LogP) is 4.88. The smallest absolute Gasteiger partial charge is 0.338 e. The number of carbonyl (C=O) groups is 1. The number of hydrogen-bond acceptors (Lipinski definition) is 4. The zero-order valence-corrected chi connectivity index (χ0v) is 17.6. The first-order chi connectivity index (χ1) is 11.9. The lowest BCUT2D eigenvalue weighted by atomic mass is 10.3. The molecule has 0 unspecified atom stereocenters. The molecule has 7 heteroatoms. The van der Waals surface area contributed by atoms with Gasteiger partial charge in [0.2, 0.25) is 5.91 Å². The summed E-state index contributed by atoms with van der Waals surface area (Å²) >= 11 is 0. The lowest BCUT2D eigenvalue weighted by molar-refractivity contribution is -0.115. The minimum absolute atomic E-state index is 0.0556. The second kappa shape index (κ2) is 14.5. The van der Waals surface area contributed by atoms with Crippen molar-refractivity contribution in [3.63, 3.8) is 0 Å². The van der Waals surface area contributed by atoms with E-state index in [0.29, 0.717) is 19.0 Å². The molecule has 0 aliphatic rings. The monoisotopic (exact) mass is 376 g/mol. The van der Waals surface area contributed by atoms with Crippen LogP contribution in [-0.2, 0) is 18.4 Å². The Hall–Kier alpha value is -0.710. The van der Waals surface area contributed by atoms with E-state index < -0.39 is 7.60 Å². The highest BCUT2D eigenvalue weighted by atomic mass is 31.2. The number of carbonyl (C=O) groups excluding carboxylic acids is 1. The number of unbranched alkanes of at least 4 members (excludes halogenated alkanes) is 2. The van der Waals surface area contributed by atoms with Crippen LogP contribution in [0.4, 0.5) is 0 Å². The first-order valence-corrected chi connectivity index (χ1v) is 11.4. The third-order valence-electron chi connectivity index (χ3n) is 3.55. The van der Waals surface area contributed by atoms with Gasteiger partial charge in [0.25, 0.3) is 0 Å². The molecule has 0 heterocycles. The van der Waals surface area contributed by atoms with E-state index in [1.165, 1.54) is 6.92 Å². The van der Waals surface area contributed by atoms with Gasteiger partial charge in [0.15, 0.2) is 0 Å². The molecule has 0 radical (unpaired) electrons. The van der Waals surface area contributed by atoms with Crippen LogP contribution < -0.4 is 0 Å². The highest BCUT2D eigenvalue weighted by molar-refractivity contribution is 7.54. The molecule has 6 nitrogen and oxygen atoms in total. The highest BCUT2D eigenvalue weighted by Gasteiger charge is 2.29. The summed E-state index contributed by atoms with van der Waals surface area (Å²) in [5.41, 5.74) is 0. The minimum atomic E-state index is -3.32. The minimum Gasteiger partial charge on any atom is -0.359 e. The van der Waals surface area contributed by atoms with E-state index >= 15 is 0 Å². The van der Waals surface area contributed by atoms with Gasteiger partial charge in [-0.05, 0) is 25.7 Å². The van der Waals surface area contributed by atoms with Crippen molar-refractivity contribution in [1.82, 2.24) is 4.90 Å². The van der Waals surface area contributed by atoms with Gasteiger partial charge in [0.05, 0.1) is 13.2 Å². The lowest BCUT2D eigenvalue weighted by Gasteiger charge is -2.28. The van der Waals surface area contributed by atoms with Crippen molar-refractivity contribution in [2.45, 2.75) is 73.1 Å². The van der Waals surface area contributed by atoms with Gasteiger partial charge in [0, 0.05) is 20.0 Å². The number of aliphatic imine (C=N–C) groups is 1. The highest BCUT2D eigenvalue weighted by Crippen LogP contribution is 2.48. The fraction of sp³-hybridized carbons (Fsp3) is 0.889. The van der Waals surface area contributed by atoms with E-state index in [2.05, 4.69) is 32.7 Å². The van der Waals surface area contributed by atoms with Crippen molar-refractivity contribution in [2.75, 3.05) is 32.5 Å². The lowest BCUT2D eigenvalue weighted by Crippen LogP contribution is -2.36. The molecule has 1 amide bonds. The fourth-order valence-corrected chi connectivity index (χ4v) is 3.98. The zero-order valence-electron chi connectivity index (χ0n) is 16.8. The maximum absolute atomic E-state index is 13.2. The average molecular weight is 376 g/mol. The van der Waals surface area contributed by atoms with E-state index in [-0.39, 0.29) is 12.1 Å². The van der Waals surface area contributed by atoms with Crippen molar-refractivity contribution < 1.29 is 18.4 Å². The summed E-state index contributed by atoms with van der Waals surface area (Å²) in [5, 5.41) is 0. The van der Waals surface area contributed by atoms with Gasteiger partial charge in [-0.15, -0.1) is 0 Å². The molecule has 0 aliphatic heterocycles. The van der Waals surface area contributed by atoms with Crippen LogP contribution in [0.25, 0.3) is 0 Å². The first-order valence-electron chi connectivity index (χ1n) is 9.63. The molecule has 0 aromatic heterocycles. The Balaban J connectivity index is 5.32. The molecule has 0 fully saturated rings. The maximum atomic E-state index is 13.2. The molecule has 0 aromatic carbocycles. The van der Waals surface area contributed by atoms with Gasteiger partial charge in [-0.1, -0.05) is 40.5 Å². The molecule has 0 aliphatic carbocycles. The molecular formula is C18H37N2O4P. The summed E-state index contributed by atoms with van der Waals surface area (Å²) in [6, 6.07) is 0. The Morgan fingerprint density at radius 1 is 0.920 bits per heavy atom. The largest absolute Gasteiger partial charge is 0.359 e. The van der Waals surface area contributed by atoms with Crippen molar-refractivity contribution >= 4 is 19.3 Å². The average Bonchev–Trinajstić information content (AvgIpc) is 2.54. The van der Waals surface area contributed by atoms with Crippen molar-refractivity contribution in [3.8, 4) is 0 Å². The summed E-state index contributed by atoms with van der Waals surface area (Å²) in [7, 11) is -3.32. The van der Waals surface area contributed by atoms with Gasteiger partial charge in [0.1, 0.15) is 12.0 Å². The molecular weight excluding hydrogens is 339 g/mol. The third-order valence-corrected chi connectivity index (χ3v) is 5.37. The van der Waals surface area contributed by atoms with E-state index in [1.807, 2.05) is 4.90 Å². The molecule has 0 aromatic rings. The molecule has 0 spiro atoms. The second-order valence-electron chi connectivity index (χ2n) is 6.18. The molecule has 25 heavy (non-hydrogen) atoms. The molecule has 148 valence electrons. The van der Waals surface area contributed by atoms with Crippen LogP contribution in [-0.4, -0.2) is 49.1 Å². The van der Waals surface area contributed by atoms with E-state index in [9.17, 15) is 9.36 Å². The van der Waals surface area contributed by atoms with Crippen molar-refractivity contribution in [1.29, 1.82) is 0 Å². The quantitative estimate of drug-likeness (QED) is 0.187. The van der Waals surface area contributed by atoms with Crippen LogP contribution in [0.15, 0.2) is 4.99 Å². The van der Waals surface area contributed by atoms with Crippen LogP contribution in [0.5, 0.6) is 0 Å². The van der Waals surface area contributed by atoms with Gasteiger partial charge < -0.3 is 13.9 Å². The van der Waals surface area contributed by atoms with Gasteiger partial charge >= 0.3 is 7.60 Å². The van der Waals surface area contributed by atoms with Gasteiger partial charge in [-0.2, -0.15) is 4.99 Å². The third kappa shape index (κ3) is 11.5. The Kier molecular flexibility index (Phi) is 14.0. The summed E-state index contributed by atoms with van der Waals surface area (Å²) in [6.45, 7) is 12.0. The van der Waals surface area contributed by atoms with E-state index in [0.717, 1.165) is 51.6 Å². The van der Waals surface area contributed by atoms with Crippen LogP contribution in [0, 0.1) is 0 Å². The van der Waals surface area contributed by atoms with E-state index in [1.54, 1.807) is 0 Å². The van der Waals surface area contributed by atoms with Gasteiger partial charge in [-0.3, -0.25) is 9.36 Å². The summed E-state index contributed by atoms with van der Waals surface area (Å²) < 4.78 is 24.5. The number of nitrogens with zero attached hydrogens (tertiary/aromatic N) is 2. The van der Waals surface area contributed by atoms with Crippen LogP contribution in [0.2, 0.25) is 0 Å². The summed E-state index contributed by atoms with van der Waals surface area (Å²) in [4.78, 5) is 17.7. The zero-order chi connectivity index (χ0) is 19.1. The van der Waals surface area contributed by atoms with E-state index in [4.69, 9.17) is 9.05 Å². The van der Waals surface area contributed by atoms with Crippen LogP contribution in [0.1, 0.15) is 73.1 Å². The molecule has 0 saturated carbocycles. The standard InChI is InChI=1S/C18H37N2O4P/c1-6-10-14-23-25(22,24-15-11-7-2)16-18(19-17(5)21)20(12-8-3)13-9-4/h6-16H2,1-5H3. The normalized spacial score (nSPS) is 12.4. The number of amidine groups is 1. The number of amides is 1. The SMILES string of the molecule is CCCCOP(=O)(CC(=NC(C)=O)N(CCC)CCC)OCCCC. The molecule has 0 bridgehead atoms. The van der Waals surface area contributed by atoms with Crippen molar-refractivity contribution in [2.24, 2.45) is 4.99 Å². The molecule has 0 saturated heterocycles. The fourth-order valence-electron chi connectivity index (χ4n) is 2.30. The molecule has 0 N–H and O–H groups in total. The topological polar surface area (TPSA) is 68.2 Å². The Morgan fingerprint density at radius 3 is 1.76 bits per heavy atom. The van der Waals surface area contributed by atoms with Crippen LogP contribution in [0.3, 0.4) is 0 Å².